The molecule has 80 valence electrons. The molecule has 2 aromatic carbocycles. The van der Waals surface area contributed by atoms with E-state index in [2.05, 4.69) is 0 Å². The van der Waals surface area contributed by atoms with Crippen molar-refractivity contribution in [1.82, 2.24) is 0 Å². The lowest BCUT2D eigenvalue weighted by Crippen LogP contribution is -2.01. The third kappa shape index (κ3) is 2.23. The summed E-state index contributed by atoms with van der Waals surface area (Å²) in [4.78, 5) is 12.0. The van der Waals surface area contributed by atoms with Gasteiger partial charge in [-0.3, -0.25) is 4.79 Å². The maximum atomic E-state index is 12.0. The predicted octanol–water partition coefficient (Wildman–Crippen LogP) is 3.15. The second-order valence-corrected chi connectivity index (χ2v) is 3.90. The van der Waals surface area contributed by atoms with Crippen molar-refractivity contribution in [3.63, 3.8) is 0 Å². The van der Waals surface area contributed by atoms with Crippen LogP contribution in [0.15, 0.2) is 48.5 Å². The van der Waals surface area contributed by atoms with Gasteiger partial charge in [-0.2, -0.15) is 0 Å². The fourth-order valence-electron chi connectivity index (χ4n) is 1.48. The standard InChI is InChI=1S/C13H10ClNO/c14-11-5-1-3-9(7-11)13(16)10-4-2-6-12(15)8-10/h1-8H,15H2. The van der Waals surface area contributed by atoms with Crippen LogP contribution in [0.1, 0.15) is 15.9 Å². The molecule has 0 aliphatic carbocycles. The molecular weight excluding hydrogens is 222 g/mol. The molecule has 0 spiro atoms. The number of carbonyl (C=O) groups excluding carboxylic acids is 1. The van der Waals surface area contributed by atoms with E-state index in [1.54, 1.807) is 48.5 Å². The Morgan fingerprint density at radius 1 is 1.00 bits per heavy atom. The lowest BCUT2D eigenvalue weighted by Gasteiger charge is -2.02. The number of rotatable bonds is 2. The SMILES string of the molecule is Nc1cccc(C(=O)c2cccc(Cl)c2)c1. The van der Waals surface area contributed by atoms with Crippen molar-refractivity contribution >= 4 is 23.1 Å². The Bertz CT molecular complexity index is 489. The molecule has 0 aliphatic rings. The first-order valence-corrected chi connectivity index (χ1v) is 5.20. The van der Waals surface area contributed by atoms with Gasteiger partial charge in [0.1, 0.15) is 0 Å². The maximum absolute atomic E-state index is 12.0. The highest BCUT2D eigenvalue weighted by Gasteiger charge is 2.08. The molecule has 0 saturated carbocycles. The molecule has 0 fully saturated rings. The Morgan fingerprint density at radius 2 is 1.62 bits per heavy atom. The van der Waals surface area contributed by atoms with Gasteiger partial charge in [-0.15, -0.1) is 0 Å². The molecule has 2 rings (SSSR count). The van der Waals surface area contributed by atoms with Crippen LogP contribution in [0.3, 0.4) is 0 Å². The summed E-state index contributed by atoms with van der Waals surface area (Å²) in [6, 6.07) is 13.8. The van der Waals surface area contributed by atoms with Crippen molar-refractivity contribution in [2.24, 2.45) is 0 Å². The van der Waals surface area contributed by atoms with Crippen LogP contribution >= 0.6 is 11.6 Å². The van der Waals surface area contributed by atoms with Crippen LogP contribution in [0.25, 0.3) is 0 Å². The van der Waals surface area contributed by atoms with E-state index in [1.165, 1.54) is 0 Å². The summed E-state index contributed by atoms with van der Waals surface area (Å²) in [5.41, 5.74) is 7.34. The number of carbonyl (C=O) groups is 1. The average molecular weight is 232 g/mol. The molecule has 2 nitrogen and oxygen atoms in total. The maximum Gasteiger partial charge on any atom is 0.193 e. The molecule has 0 amide bonds. The average Bonchev–Trinajstić information content (AvgIpc) is 2.28. The van der Waals surface area contributed by atoms with Crippen LogP contribution in [0.2, 0.25) is 5.02 Å². The molecule has 3 heteroatoms. The normalized spacial score (nSPS) is 10.1. The fraction of sp³-hybridized carbons (Fsp3) is 0. The van der Waals surface area contributed by atoms with Crippen molar-refractivity contribution in [3.05, 3.63) is 64.7 Å². The number of anilines is 1. The molecule has 0 saturated heterocycles. The Kier molecular flexibility index (Phi) is 2.93. The lowest BCUT2D eigenvalue weighted by atomic mass is 10.0. The van der Waals surface area contributed by atoms with E-state index < -0.39 is 0 Å². The van der Waals surface area contributed by atoms with Crippen molar-refractivity contribution in [1.29, 1.82) is 0 Å². The molecule has 0 aromatic heterocycles. The monoisotopic (exact) mass is 231 g/mol. The second kappa shape index (κ2) is 4.37. The number of nitrogens with two attached hydrogens (primary N) is 1. The molecule has 2 aromatic rings. The number of benzene rings is 2. The zero-order chi connectivity index (χ0) is 11.5. The van der Waals surface area contributed by atoms with E-state index in [4.69, 9.17) is 17.3 Å². The van der Waals surface area contributed by atoms with Gasteiger partial charge in [0.25, 0.3) is 0 Å². The summed E-state index contributed by atoms with van der Waals surface area (Å²) in [5, 5.41) is 0.551. The quantitative estimate of drug-likeness (QED) is 0.637. The van der Waals surface area contributed by atoms with Crippen LogP contribution < -0.4 is 5.73 Å². The van der Waals surface area contributed by atoms with Crippen molar-refractivity contribution in [3.8, 4) is 0 Å². The number of nitrogen functional groups attached to an aromatic ring is 1. The third-order valence-electron chi connectivity index (χ3n) is 2.24. The minimum absolute atomic E-state index is 0.0743. The van der Waals surface area contributed by atoms with Gasteiger partial charge >= 0.3 is 0 Å². The second-order valence-electron chi connectivity index (χ2n) is 3.46. The molecule has 0 bridgehead atoms. The summed E-state index contributed by atoms with van der Waals surface area (Å²) in [6.07, 6.45) is 0. The molecule has 0 heterocycles. The molecule has 0 unspecified atom stereocenters. The van der Waals surface area contributed by atoms with E-state index >= 15 is 0 Å². The molecule has 16 heavy (non-hydrogen) atoms. The first kappa shape index (κ1) is 10.7. The number of hydrogen-bond donors (Lipinski definition) is 1. The zero-order valence-electron chi connectivity index (χ0n) is 8.48. The van der Waals surface area contributed by atoms with E-state index in [0.29, 0.717) is 21.8 Å². The number of ketones is 1. The molecule has 0 radical (unpaired) electrons. The molecule has 0 aliphatic heterocycles. The van der Waals surface area contributed by atoms with Gasteiger partial charge in [-0.25, -0.2) is 0 Å². The van der Waals surface area contributed by atoms with Crippen LogP contribution in [0, 0.1) is 0 Å². The topological polar surface area (TPSA) is 43.1 Å². The summed E-state index contributed by atoms with van der Waals surface area (Å²) in [7, 11) is 0. The lowest BCUT2D eigenvalue weighted by molar-refractivity contribution is 0.103. The first-order chi connectivity index (χ1) is 7.66. The van der Waals surface area contributed by atoms with Gasteiger partial charge in [0, 0.05) is 21.8 Å². The van der Waals surface area contributed by atoms with Crippen molar-refractivity contribution < 1.29 is 4.79 Å². The fourth-order valence-corrected chi connectivity index (χ4v) is 1.67. The third-order valence-corrected chi connectivity index (χ3v) is 2.47. The minimum atomic E-state index is -0.0743. The van der Waals surface area contributed by atoms with Crippen LogP contribution in [0.5, 0.6) is 0 Å². The number of halogens is 1. The van der Waals surface area contributed by atoms with Gasteiger partial charge in [-0.05, 0) is 24.3 Å². The highest BCUT2D eigenvalue weighted by atomic mass is 35.5. The van der Waals surface area contributed by atoms with Gasteiger partial charge in [0.05, 0.1) is 0 Å². The largest absolute Gasteiger partial charge is 0.399 e. The predicted molar refractivity (Wildman–Crippen MR) is 65.7 cm³/mol. The van der Waals surface area contributed by atoms with Crippen molar-refractivity contribution in [2.75, 3.05) is 5.73 Å². The molecule has 0 atom stereocenters. The van der Waals surface area contributed by atoms with Crippen LogP contribution in [-0.2, 0) is 0 Å². The van der Waals surface area contributed by atoms with Gasteiger partial charge in [-0.1, -0.05) is 35.9 Å². The van der Waals surface area contributed by atoms with Gasteiger partial charge in [0.15, 0.2) is 5.78 Å². The summed E-state index contributed by atoms with van der Waals surface area (Å²) < 4.78 is 0. The molecule has 2 N–H and O–H groups in total. The van der Waals surface area contributed by atoms with Crippen molar-refractivity contribution in [2.45, 2.75) is 0 Å². The summed E-state index contributed by atoms with van der Waals surface area (Å²) >= 11 is 5.83. The van der Waals surface area contributed by atoms with Gasteiger partial charge < -0.3 is 5.73 Å². The zero-order valence-corrected chi connectivity index (χ0v) is 9.24. The highest BCUT2D eigenvalue weighted by Crippen LogP contribution is 2.16. The van der Waals surface area contributed by atoms with E-state index in [0.717, 1.165) is 0 Å². The van der Waals surface area contributed by atoms with E-state index in [1.807, 2.05) is 0 Å². The minimum Gasteiger partial charge on any atom is -0.399 e. The summed E-state index contributed by atoms with van der Waals surface area (Å²) in [5.74, 6) is -0.0743. The van der Waals surface area contributed by atoms with Crippen LogP contribution in [-0.4, -0.2) is 5.78 Å². The van der Waals surface area contributed by atoms with E-state index in [9.17, 15) is 4.79 Å². The Balaban J connectivity index is 2.39. The Labute approximate surface area is 98.7 Å². The summed E-state index contributed by atoms with van der Waals surface area (Å²) in [6.45, 7) is 0. The first-order valence-electron chi connectivity index (χ1n) is 4.82. The van der Waals surface area contributed by atoms with E-state index in [-0.39, 0.29) is 5.78 Å². The van der Waals surface area contributed by atoms with Crippen LogP contribution in [0.4, 0.5) is 5.69 Å². The Hall–Kier alpha value is -1.80. The molecular formula is C13H10ClNO. The Morgan fingerprint density at radius 3 is 2.25 bits per heavy atom. The highest BCUT2D eigenvalue weighted by molar-refractivity contribution is 6.31. The number of hydrogen-bond acceptors (Lipinski definition) is 2. The smallest absolute Gasteiger partial charge is 0.193 e. The van der Waals surface area contributed by atoms with Gasteiger partial charge in [0.2, 0.25) is 0 Å².